The maximum atomic E-state index is 11.7. The first-order chi connectivity index (χ1) is 11.7. The molecule has 24 heavy (non-hydrogen) atoms. The highest BCUT2D eigenvalue weighted by molar-refractivity contribution is 5.75. The van der Waals surface area contributed by atoms with E-state index in [1.54, 1.807) is 20.4 Å². The number of amides is 2. The molecule has 5 nitrogen and oxygen atoms in total. The summed E-state index contributed by atoms with van der Waals surface area (Å²) < 4.78 is 10.3. The van der Waals surface area contributed by atoms with Gasteiger partial charge in [0, 0.05) is 12.7 Å². The van der Waals surface area contributed by atoms with E-state index in [4.69, 9.17) is 9.47 Å². The quantitative estimate of drug-likeness (QED) is 0.821. The Bertz CT molecular complexity index is 699. The van der Waals surface area contributed by atoms with Crippen molar-refractivity contribution < 1.29 is 14.3 Å². The Morgan fingerprint density at radius 3 is 2.50 bits per heavy atom. The molecule has 0 spiro atoms. The fourth-order valence-corrected chi connectivity index (χ4v) is 2.16. The van der Waals surface area contributed by atoms with Crippen LogP contribution in [0.15, 0.2) is 54.7 Å². The number of carbonyl (C=O) groups excluding carboxylic acids is 1. The molecule has 2 rings (SSSR count). The first-order valence-corrected chi connectivity index (χ1v) is 7.69. The second-order valence-corrected chi connectivity index (χ2v) is 5.11. The van der Waals surface area contributed by atoms with E-state index in [2.05, 4.69) is 10.6 Å². The molecule has 0 unspecified atom stereocenters. The van der Waals surface area contributed by atoms with E-state index >= 15 is 0 Å². The van der Waals surface area contributed by atoms with Gasteiger partial charge in [-0.2, -0.15) is 0 Å². The summed E-state index contributed by atoms with van der Waals surface area (Å²) >= 11 is 0. The fourth-order valence-electron chi connectivity index (χ4n) is 2.16. The summed E-state index contributed by atoms with van der Waals surface area (Å²) in [6.07, 6.45) is 4.16. The van der Waals surface area contributed by atoms with Gasteiger partial charge in [-0.1, -0.05) is 24.3 Å². The van der Waals surface area contributed by atoms with E-state index in [0.717, 1.165) is 29.0 Å². The van der Waals surface area contributed by atoms with Crippen LogP contribution in [0, 0.1) is 0 Å². The average Bonchev–Trinajstić information content (AvgIpc) is 2.62. The number of hydrogen-bond donors (Lipinski definition) is 2. The molecule has 0 fully saturated rings. The molecule has 0 aliphatic carbocycles. The summed E-state index contributed by atoms with van der Waals surface area (Å²) in [6, 6.07) is 15.1. The van der Waals surface area contributed by atoms with Crippen molar-refractivity contribution in [3.8, 4) is 11.5 Å². The number of methoxy groups -OCH3 is 2. The number of benzene rings is 2. The number of hydrogen-bond acceptors (Lipinski definition) is 3. The lowest BCUT2D eigenvalue weighted by atomic mass is 10.1. The van der Waals surface area contributed by atoms with Gasteiger partial charge in [0.15, 0.2) is 0 Å². The lowest BCUT2D eigenvalue weighted by molar-refractivity contribution is 0.244. The minimum absolute atomic E-state index is 0.239. The van der Waals surface area contributed by atoms with Gasteiger partial charge in [-0.05, 0) is 47.9 Å². The van der Waals surface area contributed by atoms with Crippen LogP contribution in [-0.2, 0) is 6.42 Å². The van der Waals surface area contributed by atoms with E-state index in [0.29, 0.717) is 6.54 Å². The molecule has 0 aliphatic rings. The third-order valence-corrected chi connectivity index (χ3v) is 3.42. The van der Waals surface area contributed by atoms with Crippen LogP contribution in [0.25, 0.3) is 6.08 Å². The average molecular weight is 326 g/mol. The SMILES string of the molecule is COc1cccc(/C=C/NC(=O)NCCc2cccc(OC)c2)c1. The molecule has 2 amide bonds. The van der Waals surface area contributed by atoms with Gasteiger partial charge in [0.2, 0.25) is 0 Å². The third kappa shape index (κ3) is 5.68. The highest BCUT2D eigenvalue weighted by Gasteiger charge is 1.99. The molecule has 0 aromatic heterocycles. The van der Waals surface area contributed by atoms with Crippen LogP contribution in [0.2, 0.25) is 0 Å². The molecule has 0 aliphatic heterocycles. The third-order valence-electron chi connectivity index (χ3n) is 3.42. The van der Waals surface area contributed by atoms with Gasteiger partial charge in [0.1, 0.15) is 11.5 Å². The van der Waals surface area contributed by atoms with Crippen molar-refractivity contribution >= 4 is 12.1 Å². The lowest BCUT2D eigenvalue weighted by Crippen LogP contribution is -2.33. The van der Waals surface area contributed by atoms with Gasteiger partial charge in [0.05, 0.1) is 14.2 Å². The van der Waals surface area contributed by atoms with Gasteiger partial charge < -0.3 is 20.1 Å². The molecule has 5 heteroatoms. The van der Waals surface area contributed by atoms with Crippen LogP contribution in [0.5, 0.6) is 11.5 Å². The first-order valence-electron chi connectivity index (χ1n) is 7.69. The molecule has 0 radical (unpaired) electrons. The van der Waals surface area contributed by atoms with Crippen molar-refractivity contribution in [1.82, 2.24) is 10.6 Å². The van der Waals surface area contributed by atoms with Crippen LogP contribution in [-0.4, -0.2) is 26.8 Å². The summed E-state index contributed by atoms with van der Waals surface area (Å²) in [7, 11) is 3.26. The smallest absolute Gasteiger partial charge is 0.318 e. The van der Waals surface area contributed by atoms with Crippen molar-refractivity contribution in [3.05, 3.63) is 65.9 Å². The maximum Gasteiger partial charge on any atom is 0.318 e. The highest BCUT2D eigenvalue weighted by Crippen LogP contribution is 2.13. The predicted octanol–water partition coefficient (Wildman–Crippen LogP) is 3.22. The fraction of sp³-hybridized carbons (Fsp3) is 0.211. The van der Waals surface area contributed by atoms with E-state index in [9.17, 15) is 4.79 Å². The Kier molecular flexibility index (Phi) is 6.71. The minimum Gasteiger partial charge on any atom is -0.497 e. The lowest BCUT2D eigenvalue weighted by Gasteiger charge is -2.06. The molecule has 0 bridgehead atoms. The summed E-state index contributed by atoms with van der Waals surface area (Å²) in [6.45, 7) is 0.548. The largest absolute Gasteiger partial charge is 0.497 e. The van der Waals surface area contributed by atoms with Crippen molar-refractivity contribution in [3.63, 3.8) is 0 Å². The topological polar surface area (TPSA) is 59.6 Å². The van der Waals surface area contributed by atoms with Gasteiger partial charge in [0.25, 0.3) is 0 Å². The molecule has 0 atom stereocenters. The Labute approximate surface area is 142 Å². The number of rotatable bonds is 7. The second kappa shape index (κ2) is 9.25. The van der Waals surface area contributed by atoms with Crippen molar-refractivity contribution in [1.29, 1.82) is 0 Å². The Morgan fingerprint density at radius 2 is 1.75 bits per heavy atom. The van der Waals surface area contributed by atoms with Gasteiger partial charge in [-0.15, -0.1) is 0 Å². The van der Waals surface area contributed by atoms with E-state index in [-0.39, 0.29) is 6.03 Å². The van der Waals surface area contributed by atoms with Crippen molar-refractivity contribution in [2.24, 2.45) is 0 Å². The van der Waals surface area contributed by atoms with Crippen LogP contribution in [0.1, 0.15) is 11.1 Å². The molecular weight excluding hydrogens is 304 g/mol. The van der Waals surface area contributed by atoms with Gasteiger partial charge in [-0.25, -0.2) is 4.79 Å². The second-order valence-electron chi connectivity index (χ2n) is 5.11. The van der Waals surface area contributed by atoms with Crippen LogP contribution < -0.4 is 20.1 Å². The predicted molar refractivity (Wildman–Crippen MR) is 95.3 cm³/mol. The van der Waals surface area contributed by atoms with Gasteiger partial charge >= 0.3 is 6.03 Å². The molecular formula is C19H22N2O3. The standard InChI is InChI=1S/C19H22N2O3/c1-23-17-7-3-5-15(13-17)9-11-20-19(22)21-12-10-16-6-4-8-18(14-16)24-2/h3-9,11,13-14H,10,12H2,1-2H3,(H2,20,21,22)/b11-9+. The van der Waals surface area contributed by atoms with Crippen molar-refractivity contribution in [2.45, 2.75) is 6.42 Å². The summed E-state index contributed by atoms with van der Waals surface area (Å²) in [4.78, 5) is 11.7. The summed E-state index contributed by atoms with van der Waals surface area (Å²) in [5.41, 5.74) is 2.06. The van der Waals surface area contributed by atoms with Crippen molar-refractivity contribution in [2.75, 3.05) is 20.8 Å². The molecule has 0 saturated heterocycles. The number of ether oxygens (including phenoxy) is 2. The molecule has 0 saturated carbocycles. The zero-order valence-corrected chi connectivity index (χ0v) is 13.9. The van der Waals surface area contributed by atoms with Crippen LogP contribution >= 0.6 is 0 Å². The summed E-state index contributed by atoms with van der Waals surface area (Å²) in [5.74, 6) is 1.60. The zero-order chi connectivity index (χ0) is 17.2. The Morgan fingerprint density at radius 1 is 1.04 bits per heavy atom. The van der Waals surface area contributed by atoms with E-state index in [1.807, 2.05) is 54.6 Å². The van der Waals surface area contributed by atoms with E-state index < -0.39 is 0 Å². The first kappa shape index (κ1) is 17.4. The molecule has 126 valence electrons. The maximum absolute atomic E-state index is 11.7. The van der Waals surface area contributed by atoms with Gasteiger partial charge in [-0.3, -0.25) is 0 Å². The Balaban J connectivity index is 1.73. The number of nitrogens with one attached hydrogen (secondary N) is 2. The zero-order valence-electron chi connectivity index (χ0n) is 13.9. The minimum atomic E-state index is -0.239. The normalized spacial score (nSPS) is 10.4. The monoisotopic (exact) mass is 326 g/mol. The molecule has 0 heterocycles. The van der Waals surface area contributed by atoms with Crippen LogP contribution in [0.3, 0.4) is 0 Å². The highest BCUT2D eigenvalue weighted by atomic mass is 16.5. The number of carbonyl (C=O) groups is 1. The molecule has 2 N–H and O–H groups in total. The van der Waals surface area contributed by atoms with Crippen LogP contribution in [0.4, 0.5) is 4.79 Å². The summed E-state index contributed by atoms with van der Waals surface area (Å²) in [5, 5.41) is 5.49. The number of urea groups is 1. The van der Waals surface area contributed by atoms with E-state index in [1.165, 1.54) is 0 Å². The Hall–Kier alpha value is -2.95. The molecule has 2 aromatic carbocycles. The molecule has 2 aromatic rings.